The lowest BCUT2D eigenvalue weighted by molar-refractivity contribution is 0.277. The monoisotopic (exact) mass is 679 g/mol. The molecule has 1 saturated carbocycles. The molecule has 3 aromatic rings. The Morgan fingerprint density at radius 3 is 2.49 bits per heavy atom. The zero-order chi connectivity index (χ0) is 33.5. The number of thiophene rings is 1. The fourth-order valence-electron chi connectivity index (χ4n) is 11.8. The van der Waals surface area contributed by atoms with Gasteiger partial charge in [-0.25, -0.2) is 0 Å². The normalized spacial score (nSPS) is 30.6. The van der Waals surface area contributed by atoms with Gasteiger partial charge in [0.1, 0.15) is 0 Å². The number of fused-ring (bicyclic) bond motifs is 13. The van der Waals surface area contributed by atoms with Gasteiger partial charge in [0.15, 0.2) is 0 Å². The molecule has 6 atom stereocenters. The molecule has 11 rings (SSSR count). The second-order valence-electron chi connectivity index (χ2n) is 15.9. The number of hydrogen-bond acceptors (Lipinski definition) is 2. The molecule has 51 heavy (non-hydrogen) atoms. The molecule has 1 aromatic heterocycles. The minimum absolute atomic E-state index is 0.0148. The summed E-state index contributed by atoms with van der Waals surface area (Å²) in [6.45, 7) is 0. The van der Waals surface area contributed by atoms with E-state index >= 15 is 0 Å². The van der Waals surface area contributed by atoms with Gasteiger partial charge in [-0.3, -0.25) is 0 Å². The minimum Gasteiger partial charge on any atom is -0.338 e. The fraction of sp³-hybridized carbons (Fsp3) is 0.306. The molecule has 8 aliphatic rings. The number of benzene rings is 2. The van der Waals surface area contributed by atoms with Crippen LogP contribution in [-0.4, -0.2) is 6.04 Å². The van der Waals surface area contributed by atoms with Crippen LogP contribution in [0.4, 0.5) is 5.69 Å². The number of anilines is 1. The van der Waals surface area contributed by atoms with E-state index < -0.39 is 0 Å². The van der Waals surface area contributed by atoms with Crippen molar-refractivity contribution in [2.75, 3.05) is 4.90 Å². The Bertz CT molecular complexity index is 2220. The van der Waals surface area contributed by atoms with E-state index in [1.54, 1.807) is 27.1 Å². The summed E-state index contributed by atoms with van der Waals surface area (Å²) in [5.41, 5.74) is 15.4. The first-order valence-corrected chi connectivity index (χ1v) is 20.4. The molecule has 6 unspecified atom stereocenters. The van der Waals surface area contributed by atoms with Gasteiger partial charge in [0.2, 0.25) is 0 Å². The molecule has 8 aliphatic carbocycles. The van der Waals surface area contributed by atoms with Gasteiger partial charge in [-0.05, 0) is 144 Å². The average molecular weight is 680 g/mol. The largest absolute Gasteiger partial charge is 0.338 e. The highest BCUT2D eigenvalue weighted by Crippen LogP contribution is 2.72. The fourth-order valence-corrected chi connectivity index (χ4v) is 13.3. The summed E-state index contributed by atoms with van der Waals surface area (Å²) < 4.78 is 0. The molecule has 252 valence electrons. The Kier molecular flexibility index (Phi) is 7.01. The van der Waals surface area contributed by atoms with E-state index in [4.69, 9.17) is 0 Å². The molecule has 1 spiro atoms. The van der Waals surface area contributed by atoms with Crippen LogP contribution in [0, 0.1) is 17.8 Å². The zero-order valence-electron chi connectivity index (χ0n) is 29.3. The smallest absolute Gasteiger partial charge is 0.0560 e. The summed E-state index contributed by atoms with van der Waals surface area (Å²) in [7, 11) is 0. The molecule has 1 fully saturated rings. The summed E-state index contributed by atoms with van der Waals surface area (Å²) in [4.78, 5) is 5.91. The van der Waals surface area contributed by atoms with Gasteiger partial charge in [0.05, 0.1) is 6.04 Å². The van der Waals surface area contributed by atoms with Crippen molar-refractivity contribution in [3.05, 3.63) is 176 Å². The molecule has 1 heterocycles. The highest BCUT2D eigenvalue weighted by molar-refractivity contribution is 7.13. The summed E-state index contributed by atoms with van der Waals surface area (Å²) in [5, 5.41) is 0. The van der Waals surface area contributed by atoms with Gasteiger partial charge in [0.25, 0.3) is 0 Å². The number of para-hydroxylation sites is 1. The van der Waals surface area contributed by atoms with Crippen molar-refractivity contribution in [3.8, 4) is 0 Å². The molecule has 1 nitrogen and oxygen atoms in total. The van der Waals surface area contributed by atoms with Crippen LogP contribution in [0.15, 0.2) is 144 Å². The lowest BCUT2D eigenvalue weighted by atomic mass is 9.60. The Balaban J connectivity index is 1.04. The van der Waals surface area contributed by atoms with Gasteiger partial charge < -0.3 is 4.90 Å². The molecule has 0 saturated heterocycles. The standard InChI is InChI=1S/C49H45NS/c1-3-13-32(14-4-1)33-23-25-35(26-24-33)50(34-15-5-2-6-16-34)36-27-28-38-37-17-7-10-20-42(37)49(45(38)31-36)43-21-11-8-19-41(43)47-44(49)30-29-40-39-18-9-12-22-46(39)51-48(40)47/h1-3,5-8,10,12-13,15-17,19-20,22-23,25,27-30,36,41,43-44,47H,4,9,11,14,18,21,24,26,31H2. The predicted octanol–water partition coefficient (Wildman–Crippen LogP) is 12.5. The predicted molar refractivity (Wildman–Crippen MR) is 216 cm³/mol. The summed E-state index contributed by atoms with van der Waals surface area (Å²) in [6, 6.07) is 21.1. The van der Waals surface area contributed by atoms with E-state index in [0.29, 0.717) is 23.7 Å². The lowest BCUT2D eigenvalue weighted by Crippen LogP contribution is -2.43. The van der Waals surface area contributed by atoms with E-state index in [-0.39, 0.29) is 11.5 Å². The molecule has 0 aliphatic heterocycles. The lowest BCUT2D eigenvalue weighted by Gasteiger charge is -2.45. The van der Waals surface area contributed by atoms with Crippen LogP contribution < -0.4 is 4.90 Å². The molecule has 2 heteroatoms. The SMILES string of the molecule is C1=CCCC(C2=CC=C(N(c3ccccc3)C3C=CC4=C(C3)C3(c5ccccc54)C4C=Cc5c(sc6c5CCC=C6)C4C4C=CCCC43)CC2)=C1. The molecule has 0 N–H and O–H groups in total. The third-order valence-corrected chi connectivity index (χ3v) is 15.0. The Labute approximate surface area is 307 Å². The van der Waals surface area contributed by atoms with E-state index in [1.807, 2.05) is 0 Å². The number of nitrogens with zero attached hydrogens (tertiary/aromatic N) is 1. The summed E-state index contributed by atoms with van der Waals surface area (Å²) in [5.74, 6) is 2.18. The van der Waals surface area contributed by atoms with Crippen molar-refractivity contribution in [2.45, 2.75) is 75.2 Å². The highest BCUT2D eigenvalue weighted by atomic mass is 32.1. The van der Waals surface area contributed by atoms with Crippen LogP contribution in [0.25, 0.3) is 17.7 Å². The van der Waals surface area contributed by atoms with Crippen LogP contribution in [0.3, 0.4) is 0 Å². The average Bonchev–Trinajstić information content (AvgIpc) is 3.83. The Morgan fingerprint density at radius 2 is 1.61 bits per heavy atom. The van der Waals surface area contributed by atoms with E-state index in [9.17, 15) is 0 Å². The maximum absolute atomic E-state index is 2.71. The second-order valence-corrected chi connectivity index (χ2v) is 17.0. The van der Waals surface area contributed by atoms with Crippen LogP contribution in [0.1, 0.15) is 89.3 Å². The van der Waals surface area contributed by atoms with Crippen LogP contribution >= 0.6 is 11.3 Å². The van der Waals surface area contributed by atoms with Crippen molar-refractivity contribution in [2.24, 2.45) is 17.8 Å². The van der Waals surface area contributed by atoms with E-state index in [2.05, 4.69) is 150 Å². The van der Waals surface area contributed by atoms with E-state index in [0.717, 1.165) is 25.7 Å². The number of allylic oxidation sites excluding steroid dienone is 14. The first-order chi connectivity index (χ1) is 25.3. The maximum Gasteiger partial charge on any atom is 0.0560 e. The highest BCUT2D eigenvalue weighted by Gasteiger charge is 2.65. The zero-order valence-corrected chi connectivity index (χ0v) is 30.1. The molecular formula is C49H45NS. The third-order valence-electron chi connectivity index (χ3n) is 13.7. The van der Waals surface area contributed by atoms with Crippen molar-refractivity contribution >= 4 is 34.7 Å². The van der Waals surface area contributed by atoms with Gasteiger partial charge >= 0.3 is 0 Å². The topological polar surface area (TPSA) is 3.24 Å². The number of hydrogen-bond donors (Lipinski definition) is 0. The molecule has 0 radical (unpaired) electrons. The second kappa shape index (κ2) is 11.8. The van der Waals surface area contributed by atoms with Gasteiger partial charge in [-0.15, -0.1) is 11.3 Å². The third kappa shape index (κ3) is 4.38. The maximum atomic E-state index is 2.71. The Morgan fingerprint density at radius 1 is 0.725 bits per heavy atom. The first kappa shape index (κ1) is 30.2. The van der Waals surface area contributed by atoms with Crippen molar-refractivity contribution in [1.29, 1.82) is 0 Å². The van der Waals surface area contributed by atoms with E-state index in [1.165, 1.54) is 70.6 Å². The van der Waals surface area contributed by atoms with Crippen molar-refractivity contribution in [1.82, 2.24) is 0 Å². The number of rotatable bonds is 4. The van der Waals surface area contributed by atoms with Crippen molar-refractivity contribution in [3.63, 3.8) is 0 Å². The summed E-state index contributed by atoms with van der Waals surface area (Å²) >= 11 is 2.12. The van der Waals surface area contributed by atoms with Gasteiger partial charge in [-0.1, -0.05) is 109 Å². The first-order valence-electron chi connectivity index (χ1n) is 19.6. The minimum atomic E-state index is 0.0148. The van der Waals surface area contributed by atoms with Crippen LogP contribution in [0.2, 0.25) is 0 Å². The van der Waals surface area contributed by atoms with Crippen LogP contribution in [0.5, 0.6) is 0 Å². The summed E-state index contributed by atoms with van der Waals surface area (Å²) in [6.07, 6.45) is 42.6. The van der Waals surface area contributed by atoms with Gasteiger partial charge in [-0.2, -0.15) is 0 Å². The molecule has 2 aromatic carbocycles. The van der Waals surface area contributed by atoms with Gasteiger partial charge in [0, 0.05) is 32.5 Å². The quantitative estimate of drug-likeness (QED) is 0.248. The van der Waals surface area contributed by atoms with Crippen molar-refractivity contribution < 1.29 is 0 Å². The molecule has 0 bridgehead atoms. The Hall–Kier alpha value is -4.40. The van der Waals surface area contributed by atoms with Crippen LogP contribution in [-0.2, 0) is 11.8 Å². The molecule has 0 amide bonds. The molecular weight excluding hydrogens is 635 g/mol.